The van der Waals surface area contributed by atoms with Crippen molar-refractivity contribution in [1.29, 1.82) is 0 Å². The summed E-state index contributed by atoms with van der Waals surface area (Å²) in [7, 11) is 0. The molecule has 2 nitrogen and oxygen atoms in total. The van der Waals surface area contributed by atoms with Crippen molar-refractivity contribution in [1.82, 2.24) is 0 Å². The molecule has 0 fully saturated rings. The van der Waals surface area contributed by atoms with Gasteiger partial charge in [-0.05, 0) is 60.8 Å². The minimum absolute atomic E-state index is 0.219. The molecule has 0 radical (unpaired) electrons. The number of benzene rings is 3. The number of furan rings is 1. The van der Waals surface area contributed by atoms with Crippen LogP contribution in [0.25, 0.3) is 32.7 Å². The van der Waals surface area contributed by atoms with Crippen LogP contribution in [0.4, 0.5) is 0 Å². The summed E-state index contributed by atoms with van der Waals surface area (Å²) in [6, 6.07) is 13.6. The molecular weight excluding hydrogens is 384 g/mol. The van der Waals surface area contributed by atoms with E-state index in [2.05, 4.69) is 44.0 Å². The number of aromatic hydroxyl groups is 1. The highest BCUT2D eigenvalue weighted by Gasteiger charge is 2.16. The second-order valence-electron chi connectivity index (χ2n) is 4.69. The lowest BCUT2D eigenvalue weighted by Crippen LogP contribution is -1.76. The number of hydrogen-bond donors (Lipinski definition) is 1. The van der Waals surface area contributed by atoms with E-state index in [1.807, 2.05) is 18.2 Å². The molecule has 4 rings (SSSR count). The van der Waals surface area contributed by atoms with Crippen molar-refractivity contribution in [2.45, 2.75) is 0 Å². The second-order valence-corrected chi connectivity index (χ2v) is 6.40. The van der Waals surface area contributed by atoms with E-state index in [-0.39, 0.29) is 5.75 Å². The van der Waals surface area contributed by atoms with Gasteiger partial charge in [-0.15, -0.1) is 0 Å². The zero-order valence-electron chi connectivity index (χ0n) is 10.2. The number of hydrogen-bond acceptors (Lipinski definition) is 2. The lowest BCUT2D eigenvalue weighted by atomic mass is 10.0. The van der Waals surface area contributed by atoms with Crippen LogP contribution < -0.4 is 0 Å². The van der Waals surface area contributed by atoms with Gasteiger partial charge in [-0.1, -0.05) is 24.3 Å². The SMILES string of the molecule is Oc1cc(Br)c2oc3c(Br)cc4ccccc4c3c2c1. The highest BCUT2D eigenvalue weighted by molar-refractivity contribution is 9.11. The van der Waals surface area contributed by atoms with Gasteiger partial charge in [0.15, 0.2) is 0 Å². The van der Waals surface area contributed by atoms with Crippen LogP contribution in [0.5, 0.6) is 5.75 Å². The third-order valence-electron chi connectivity index (χ3n) is 3.46. The molecule has 4 heteroatoms. The maximum atomic E-state index is 9.85. The molecule has 0 saturated carbocycles. The standard InChI is InChI=1S/C16H8Br2O2/c17-12-5-8-3-1-2-4-10(8)14-11-6-9(19)7-13(18)15(11)20-16(12)14/h1-7,19H. The second kappa shape index (κ2) is 4.24. The van der Waals surface area contributed by atoms with Gasteiger partial charge in [0, 0.05) is 10.8 Å². The third kappa shape index (κ3) is 1.61. The average Bonchev–Trinajstić information content (AvgIpc) is 2.80. The molecular formula is C16H8Br2O2. The summed E-state index contributed by atoms with van der Waals surface area (Å²) >= 11 is 7.01. The predicted molar refractivity (Wildman–Crippen MR) is 88.3 cm³/mol. The van der Waals surface area contributed by atoms with Crippen molar-refractivity contribution in [3.05, 3.63) is 51.4 Å². The van der Waals surface area contributed by atoms with E-state index < -0.39 is 0 Å². The van der Waals surface area contributed by atoms with Crippen LogP contribution in [-0.4, -0.2) is 5.11 Å². The van der Waals surface area contributed by atoms with Gasteiger partial charge in [0.1, 0.15) is 16.9 Å². The zero-order valence-corrected chi connectivity index (χ0v) is 13.3. The monoisotopic (exact) mass is 390 g/mol. The van der Waals surface area contributed by atoms with Gasteiger partial charge in [-0.3, -0.25) is 0 Å². The Bertz CT molecular complexity index is 986. The van der Waals surface area contributed by atoms with Crippen LogP contribution in [0.15, 0.2) is 55.8 Å². The maximum Gasteiger partial charge on any atom is 0.150 e. The van der Waals surface area contributed by atoms with Crippen LogP contribution in [0.2, 0.25) is 0 Å². The van der Waals surface area contributed by atoms with E-state index in [0.29, 0.717) is 0 Å². The molecule has 3 aromatic carbocycles. The number of phenolic OH excluding ortho intramolecular Hbond substituents is 1. The molecule has 0 spiro atoms. The minimum Gasteiger partial charge on any atom is -0.508 e. The summed E-state index contributed by atoms with van der Waals surface area (Å²) in [4.78, 5) is 0. The fraction of sp³-hybridized carbons (Fsp3) is 0. The predicted octanol–water partition coefficient (Wildman–Crippen LogP) is 5.97. The van der Waals surface area contributed by atoms with Crippen LogP contribution in [0.3, 0.4) is 0 Å². The fourth-order valence-electron chi connectivity index (χ4n) is 2.63. The molecule has 4 aromatic rings. The molecule has 0 saturated heterocycles. The van der Waals surface area contributed by atoms with E-state index in [0.717, 1.165) is 41.7 Å². The molecule has 98 valence electrons. The Hall–Kier alpha value is -1.52. The molecule has 1 heterocycles. The van der Waals surface area contributed by atoms with Crippen molar-refractivity contribution in [3.8, 4) is 5.75 Å². The first-order valence-corrected chi connectivity index (χ1v) is 7.66. The molecule has 1 aromatic heterocycles. The largest absolute Gasteiger partial charge is 0.508 e. The Balaban J connectivity index is 2.38. The molecule has 0 unspecified atom stereocenters. The first kappa shape index (κ1) is 12.2. The van der Waals surface area contributed by atoms with E-state index in [1.54, 1.807) is 12.1 Å². The van der Waals surface area contributed by atoms with Gasteiger partial charge in [0.2, 0.25) is 0 Å². The first-order valence-electron chi connectivity index (χ1n) is 6.07. The van der Waals surface area contributed by atoms with Gasteiger partial charge in [-0.2, -0.15) is 0 Å². The third-order valence-corrected chi connectivity index (χ3v) is 4.64. The maximum absolute atomic E-state index is 9.85. The van der Waals surface area contributed by atoms with E-state index >= 15 is 0 Å². The van der Waals surface area contributed by atoms with Crippen molar-refractivity contribution in [3.63, 3.8) is 0 Å². The minimum atomic E-state index is 0.219. The highest BCUT2D eigenvalue weighted by Crippen LogP contribution is 2.42. The van der Waals surface area contributed by atoms with Gasteiger partial charge in [0.05, 0.1) is 8.95 Å². The number of phenols is 1. The van der Waals surface area contributed by atoms with Gasteiger partial charge >= 0.3 is 0 Å². The normalized spacial score (nSPS) is 11.7. The molecule has 0 aliphatic heterocycles. The van der Waals surface area contributed by atoms with Crippen molar-refractivity contribution in [2.75, 3.05) is 0 Å². The molecule has 0 amide bonds. The molecule has 0 atom stereocenters. The number of rotatable bonds is 0. The number of halogens is 2. The summed E-state index contributed by atoms with van der Waals surface area (Å²) < 4.78 is 7.63. The van der Waals surface area contributed by atoms with Crippen molar-refractivity contribution < 1.29 is 9.52 Å². The van der Waals surface area contributed by atoms with Crippen molar-refractivity contribution >= 4 is 64.6 Å². The number of fused-ring (bicyclic) bond motifs is 5. The summed E-state index contributed by atoms with van der Waals surface area (Å²) in [5.74, 6) is 0.219. The highest BCUT2D eigenvalue weighted by atomic mass is 79.9. The van der Waals surface area contributed by atoms with Crippen LogP contribution in [0.1, 0.15) is 0 Å². The van der Waals surface area contributed by atoms with Crippen molar-refractivity contribution in [2.24, 2.45) is 0 Å². The Morgan fingerprint density at radius 2 is 1.60 bits per heavy atom. The molecule has 20 heavy (non-hydrogen) atoms. The van der Waals surface area contributed by atoms with Crippen LogP contribution >= 0.6 is 31.9 Å². The summed E-state index contributed by atoms with van der Waals surface area (Å²) in [5, 5.41) is 14.0. The topological polar surface area (TPSA) is 33.4 Å². The molecule has 0 aliphatic carbocycles. The van der Waals surface area contributed by atoms with Crippen LogP contribution in [0, 0.1) is 0 Å². The zero-order chi connectivity index (χ0) is 13.9. The van der Waals surface area contributed by atoms with Gasteiger partial charge in [0.25, 0.3) is 0 Å². The van der Waals surface area contributed by atoms with E-state index in [4.69, 9.17) is 4.42 Å². The van der Waals surface area contributed by atoms with Gasteiger partial charge < -0.3 is 9.52 Å². The fourth-order valence-corrected chi connectivity index (χ4v) is 3.69. The smallest absolute Gasteiger partial charge is 0.150 e. The molecule has 1 N–H and O–H groups in total. The lowest BCUT2D eigenvalue weighted by molar-refractivity contribution is 0.475. The first-order chi connectivity index (χ1) is 9.65. The molecule has 0 bridgehead atoms. The Morgan fingerprint density at radius 1 is 0.850 bits per heavy atom. The van der Waals surface area contributed by atoms with Gasteiger partial charge in [-0.25, -0.2) is 0 Å². The summed E-state index contributed by atoms with van der Waals surface area (Å²) in [6.45, 7) is 0. The summed E-state index contributed by atoms with van der Waals surface area (Å²) in [6.07, 6.45) is 0. The molecule has 0 aliphatic rings. The average molecular weight is 392 g/mol. The quantitative estimate of drug-likeness (QED) is 0.400. The van der Waals surface area contributed by atoms with E-state index in [9.17, 15) is 5.11 Å². The van der Waals surface area contributed by atoms with Crippen LogP contribution in [-0.2, 0) is 0 Å². The Kier molecular flexibility index (Phi) is 2.59. The Labute approximate surface area is 131 Å². The van der Waals surface area contributed by atoms with E-state index in [1.165, 1.54) is 0 Å². The summed E-state index contributed by atoms with van der Waals surface area (Å²) in [5.41, 5.74) is 1.54. The lowest BCUT2D eigenvalue weighted by Gasteiger charge is -2.01. The Morgan fingerprint density at radius 3 is 2.45 bits per heavy atom.